The first kappa shape index (κ1) is 17.2. The fraction of sp³-hybridized carbons (Fsp3) is 0.294. The van der Waals surface area contributed by atoms with Gasteiger partial charge in [-0.15, -0.1) is 12.4 Å². The average molecular weight is 341 g/mol. The topological polar surface area (TPSA) is 29.3 Å². The van der Waals surface area contributed by atoms with Gasteiger partial charge in [-0.25, -0.2) is 4.39 Å². The zero-order chi connectivity index (χ0) is 14.8. The molecule has 2 nitrogen and oxygen atoms in total. The molecule has 1 aliphatic heterocycles. The first-order valence-electron chi connectivity index (χ1n) is 7.10. The van der Waals surface area contributed by atoms with Crippen molar-refractivity contribution in [1.82, 2.24) is 4.90 Å². The Morgan fingerprint density at radius 2 is 1.86 bits per heavy atom. The average Bonchev–Trinajstić information content (AvgIpc) is 2.84. The van der Waals surface area contributed by atoms with Crippen molar-refractivity contribution in [2.45, 2.75) is 18.5 Å². The Morgan fingerprint density at radius 1 is 1.14 bits per heavy atom. The van der Waals surface area contributed by atoms with Crippen molar-refractivity contribution in [3.63, 3.8) is 0 Å². The normalized spacial score (nSPS) is 21.6. The highest BCUT2D eigenvalue weighted by atomic mass is 35.5. The number of hydrogen-bond donors (Lipinski definition) is 1. The van der Waals surface area contributed by atoms with E-state index in [4.69, 9.17) is 17.3 Å². The van der Waals surface area contributed by atoms with E-state index in [1.165, 1.54) is 11.6 Å². The molecule has 0 aliphatic carbocycles. The van der Waals surface area contributed by atoms with Crippen molar-refractivity contribution in [2.24, 2.45) is 5.73 Å². The van der Waals surface area contributed by atoms with Gasteiger partial charge in [0.15, 0.2) is 0 Å². The van der Waals surface area contributed by atoms with Gasteiger partial charge in [0.05, 0.1) is 5.02 Å². The Kier molecular flexibility index (Phi) is 5.81. The van der Waals surface area contributed by atoms with Crippen LogP contribution in [0, 0.1) is 5.82 Å². The number of benzene rings is 2. The molecule has 0 spiro atoms. The maximum Gasteiger partial charge on any atom is 0.142 e. The summed E-state index contributed by atoms with van der Waals surface area (Å²) in [7, 11) is 0. The van der Waals surface area contributed by atoms with E-state index in [1.54, 1.807) is 6.07 Å². The van der Waals surface area contributed by atoms with Crippen molar-refractivity contribution in [1.29, 1.82) is 0 Å². The van der Waals surface area contributed by atoms with Crippen LogP contribution in [0.25, 0.3) is 0 Å². The minimum atomic E-state index is -0.364. The predicted molar refractivity (Wildman–Crippen MR) is 91.1 cm³/mol. The van der Waals surface area contributed by atoms with Crippen LogP contribution in [0.1, 0.15) is 17.0 Å². The summed E-state index contributed by atoms with van der Waals surface area (Å²) < 4.78 is 13.5. The molecule has 2 aromatic rings. The monoisotopic (exact) mass is 340 g/mol. The van der Waals surface area contributed by atoms with Gasteiger partial charge < -0.3 is 5.73 Å². The summed E-state index contributed by atoms with van der Waals surface area (Å²) in [6, 6.07) is 15.4. The van der Waals surface area contributed by atoms with Gasteiger partial charge in [0.25, 0.3) is 0 Å². The van der Waals surface area contributed by atoms with Gasteiger partial charge in [0.2, 0.25) is 0 Å². The standard InChI is InChI=1S/C17H18ClFN2.ClH/c18-15-7-6-12(8-16(15)19)9-21-10-14(17(20)11-21)13-4-2-1-3-5-13;/h1-8,14,17H,9-11,20H2;1H/t14-,17+;/m0./s1. The van der Waals surface area contributed by atoms with Crippen LogP contribution in [0.2, 0.25) is 5.02 Å². The largest absolute Gasteiger partial charge is 0.326 e. The van der Waals surface area contributed by atoms with Crippen LogP contribution in [0.15, 0.2) is 48.5 Å². The lowest BCUT2D eigenvalue weighted by atomic mass is 9.95. The molecule has 0 unspecified atom stereocenters. The van der Waals surface area contributed by atoms with E-state index in [0.717, 1.165) is 18.7 Å². The lowest BCUT2D eigenvalue weighted by molar-refractivity contribution is 0.323. The van der Waals surface area contributed by atoms with Crippen LogP contribution >= 0.6 is 24.0 Å². The number of halogens is 3. The van der Waals surface area contributed by atoms with E-state index < -0.39 is 0 Å². The van der Waals surface area contributed by atoms with Gasteiger partial charge in [-0.2, -0.15) is 0 Å². The minimum Gasteiger partial charge on any atom is -0.326 e. The summed E-state index contributed by atoms with van der Waals surface area (Å²) in [6.45, 7) is 2.42. The molecule has 1 heterocycles. The molecule has 0 aromatic heterocycles. The van der Waals surface area contributed by atoms with E-state index in [2.05, 4.69) is 17.0 Å². The van der Waals surface area contributed by atoms with Gasteiger partial charge in [-0.05, 0) is 23.3 Å². The van der Waals surface area contributed by atoms with E-state index in [1.807, 2.05) is 24.3 Å². The zero-order valence-corrected chi connectivity index (χ0v) is 13.7. The smallest absolute Gasteiger partial charge is 0.142 e. The van der Waals surface area contributed by atoms with Crippen molar-refractivity contribution < 1.29 is 4.39 Å². The molecular weight excluding hydrogens is 322 g/mol. The van der Waals surface area contributed by atoms with Gasteiger partial charge in [-0.1, -0.05) is 48.0 Å². The third-order valence-electron chi connectivity index (χ3n) is 4.06. The Bertz CT molecular complexity index is 621. The van der Waals surface area contributed by atoms with Crippen LogP contribution in [0.3, 0.4) is 0 Å². The van der Waals surface area contributed by atoms with Crippen LogP contribution < -0.4 is 5.73 Å². The molecule has 0 bridgehead atoms. The van der Waals surface area contributed by atoms with E-state index in [0.29, 0.717) is 12.5 Å². The van der Waals surface area contributed by atoms with E-state index in [-0.39, 0.29) is 29.3 Å². The first-order valence-corrected chi connectivity index (χ1v) is 7.48. The van der Waals surface area contributed by atoms with Gasteiger partial charge in [-0.3, -0.25) is 4.90 Å². The highest BCUT2D eigenvalue weighted by Gasteiger charge is 2.30. The summed E-state index contributed by atoms with van der Waals surface area (Å²) >= 11 is 5.72. The second-order valence-corrected chi connectivity index (χ2v) is 6.03. The number of nitrogens with zero attached hydrogens (tertiary/aromatic N) is 1. The van der Waals surface area contributed by atoms with E-state index in [9.17, 15) is 4.39 Å². The van der Waals surface area contributed by atoms with Crippen molar-refractivity contribution in [2.75, 3.05) is 13.1 Å². The summed E-state index contributed by atoms with van der Waals surface area (Å²) in [5.74, 6) is -0.0272. The highest BCUT2D eigenvalue weighted by Crippen LogP contribution is 2.27. The first-order chi connectivity index (χ1) is 10.1. The van der Waals surface area contributed by atoms with Crippen molar-refractivity contribution >= 4 is 24.0 Å². The van der Waals surface area contributed by atoms with Crippen molar-refractivity contribution in [3.8, 4) is 0 Å². The summed E-state index contributed by atoms with van der Waals surface area (Å²) in [5, 5.41) is 0.166. The van der Waals surface area contributed by atoms with Crippen LogP contribution in [0.5, 0.6) is 0 Å². The molecule has 2 N–H and O–H groups in total. The predicted octanol–water partition coefficient (Wildman–Crippen LogP) is 3.83. The molecule has 2 atom stereocenters. The quantitative estimate of drug-likeness (QED) is 0.919. The summed E-state index contributed by atoms with van der Waals surface area (Å²) in [6.07, 6.45) is 0. The molecule has 5 heteroatoms. The molecule has 22 heavy (non-hydrogen) atoms. The fourth-order valence-electron chi connectivity index (χ4n) is 2.99. The number of likely N-dealkylation sites (tertiary alicyclic amines) is 1. The van der Waals surface area contributed by atoms with Gasteiger partial charge in [0.1, 0.15) is 5.82 Å². The van der Waals surface area contributed by atoms with Gasteiger partial charge in [0, 0.05) is 31.6 Å². The second-order valence-electron chi connectivity index (χ2n) is 5.62. The molecule has 0 amide bonds. The molecule has 1 aliphatic rings. The van der Waals surface area contributed by atoms with E-state index >= 15 is 0 Å². The molecule has 1 saturated heterocycles. The van der Waals surface area contributed by atoms with Gasteiger partial charge >= 0.3 is 0 Å². The zero-order valence-electron chi connectivity index (χ0n) is 12.1. The molecule has 0 saturated carbocycles. The third kappa shape index (κ3) is 3.79. The summed E-state index contributed by atoms with van der Waals surface area (Å²) in [4.78, 5) is 2.27. The number of hydrogen-bond acceptors (Lipinski definition) is 2. The Balaban J connectivity index is 0.00000176. The SMILES string of the molecule is Cl.N[C@@H]1CN(Cc2ccc(Cl)c(F)c2)C[C@H]1c1ccccc1. The molecular formula is C17H19Cl2FN2. The number of nitrogens with two attached hydrogens (primary N) is 1. The number of rotatable bonds is 3. The summed E-state index contributed by atoms with van der Waals surface area (Å²) in [5.41, 5.74) is 8.47. The maximum absolute atomic E-state index is 13.5. The Labute approximate surface area is 141 Å². The van der Waals surface area contributed by atoms with Crippen LogP contribution in [0.4, 0.5) is 4.39 Å². The Hall–Kier alpha value is -1.13. The minimum absolute atomic E-state index is 0. The fourth-order valence-corrected chi connectivity index (χ4v) is 3.11. The third-order valence-corrected chi connectivity index (χ3v) is 4.37. The lowest BCUT2D eigenvalue weighted by Gasteiger charge is -2.16. The van der Waals surface area contributed by atoms with Crippen LogP contribution in [-0.2, 0) is 6.54 Å². The molecule has 118 valence electrons. The lowest BCUT2D eigenvalue weighted by Crippen LogP contribution is -2.28. The van der Waals surface area contributed by atoms with Crippen LogP contribution in [-0.4, -0.2) is 24.0 Å². The molecule has 1 fully saturated rings. The molecule has 2 aromatic carbocycles. The maximum atomic E-state index is 13.5. The second kappa shape index (κ2) is 7.42. The molecule has 3 rings (SSSR count). The highest BCUT2D eigenvalue weighted by molar-refractivity contribution is 6.30. The Morgan fingerprint density at radius 3 is 2.55 bits per heavy atom. The molecule has 0 radical (unpaired) electrons. The van der Waals surface area contributed by atoms with Crippen molar-refractivity contribution in [3.05, 3.63) is 70.5 Å².